The van der Waals surface area contributed by atoms with E-state index < -0.39 is 9.39 Å². The maximum absolute atomic E-state index is 14.7. The number of aromatic nitrogens is 7. The van der Waals surface area contributed by atoms with Crippen molar-refractivity contribution in [3.63, 3.8) is 0 Å². The summed E-state index contributed by atoms with van der Waals surface area (Å²) in [5.74, 6) is 8.23. The number of imidazole rings is 1. The molecule has 0 saturated carbocycles. The first-order valence-corrected chi connectivity index (χ1v) is 17.0. The topological polar surface area (TPSA) is 120 Å². The molecule has 228 valence electrons. The number of pyridine rings is 3. The molecule has 5 heterocycles. The van der Waals surface area contributed by atoms with E-state index in [9.17, 15) is 4.39 Å². The molecule has 46 heavy (non-hydrogen) atoms. The van der Waals surface area contributed by atoms with Crippen LogP contribution in [0.25, 0.3) is 56.1 Å². The van der Waals surface area contributed by atoms with E-state index in [1.54, 1.807) is 18.6 Å². The van der Waals surface area contributed by atoms with E-state index in [2.05, 4.69) is 46.9 Å². The molecule has 0 bridgehead atoms. The molecule has 7 rings (SSSR count). The number of hydrogen-bond donors (Lipinski definition) is 4. The molecule has 0 spiro atoms. The Morgan fingerprint density at radius 3 is 2.57 bits per heavy atom. The van der Waals surface area contributed by atoms with Gasteiger partial charge in [-0.1, -0.05) is 54.3 Å². The third-order valence-corrected chi connectivity index (χ3v) is 8.40. The lowest BCUT2D eigenvalue weighted by Crippen LogP contribution is -2.10. The highest BCUT2D eigenvalue weighted by Crippen LogP contribution is 2.32. The van der Waals surface area contributed by atoms with Crippen molar-refractivity contribution in [3.8, 4) is 34.0 Å². The molecule has 0 saturated heterocycles. The van der Waals surface area contributed by atoms with Crippen molar-refractivity contribution >= 4 is 66.1 Å². The smallest absolute Gasteiger partial charge is 0.161 e. The van der Waals surface area contributed by atoms with E-state index in [1.165, 1.54) is 12.1 Å². The lowest BCUT2D eigenvalue weighted by Gasteiger charge is -2.12. The number of nitrogens with zero attached hydrogens (tertiary/aromatic N) is 5. The minimum atomic E-state index is -1.46. The maximum atomic E-state index is 14.7. The van der Waals surface area contributed by atoms with Crippen LogP contribution in [-0.2, 0) is 6.54 Å². The van der Waals surface area contributed by atoms with Gasteiger partial charge in [-0.2, -0.15) is 14.5 Å². The number of hydrogen-bond acceptors (Lipinski definition) is 7. The summed E-state index contributed by atoms with van der Waals surface area (Å²) in [7, 11) is -1.46. The zero-order chi connectivity index (χ0) is 31.8. The molecule has 0 aliphatic heterocycles. The lowest BCUT2D eigenvalue weighted by atomic mass is 10.1. The fraction of sp³-hybridized carbons (Fsp3) is 0.0588. The Morgan fingerprint density at radius 1 is 0.913 bits per heavy atom. The van der Waals surface area contributed by atoms with Crippen molar-refractivity contribution in [1.29, 1.82) is 0 Å². The van der Waals surface area contributed by atoms with Crippen LogP contribution >= 0.6 is 21.6 Å². The van der Waals surface area contributed by atoms with Gasteiger partial charge in [-0.05, 0) is 54.3 Å². The average molecular weight is 646 g/mol. The SMILES string of the molecule is C=S(=C)(C)NCc1cc(F)cc(-c2nccc3[nH]c(-c4n[nH]c5ccc(-c6cncc(NC(=S)c7ccccc7)c6)nc45)nc23)c1. The Balaban J connectivity index is 1.22. The van der Waals surface area contributed by atoms with Gasteiger partial charge >= 0.3 is 0 Å². The fourth-order valence-electron chi connectivity index (χ4n) is 5.07. The number of fused-ring (bicyclic) bond motifs is 2. The highest BCUT2D eigenvalue weighted by molar-refractivity contribution is 8.25. The zero-order valence-corrected chi connectivity index (χ0v) is 26.3. The largest absolute Gasteiger partial charge is 0.345 e. The quantitative estimate of drug-likeness (QED) is 0.133. The number of benzene rings is 2. The molecule has 7 aromatic rings. The molecule has 0 fully saturated rings. The van der Waals surface area contributed by atoms with Crippen LogP contribution in [0.1, 0.15) is 11.1 Å². The van der Waals surface area contributed by atoms with Crippen molar-refractivity contribution in [1.82, 2.24) is 39.8 Å². The van der Waals surface area contributed by atoms with Crippen molar-refractivity contribution in [2.24, 2.45) is 0 Å². The van der Waals surface area contributed by atoms with Gasteiger partial charge in [0.15, 0.2) is 11.5 Å². The maximum Gasteiger partial charge on any atom is 0.161 e. The number of aromatic amines is 2. The van der Waals surface area contributed by atoms with Crippen LogP contribution in [0.2, 0.25) is 0 Å². The molecular formula is C34H28FN9S2. The second-order valence-electron chi connectivity index (χ2n) is 11.0. The van der Waals surface area contributed by atoms with Gasteiger partial charge in [0.2, 0.25) is 0 Å². The van der Waals surface area contributed by atoms with Crippen LogP contribution in [0, 0.1) is 5.82 Å². The number of thiocarbonyl (C=S) groups is 1. The molecular weight excluding hydrogens is 618 g/mol. The Bertz CT molecular complexity index is 2360. The van der Waals surface area contributed by atoms with Crippen LogP contribution in [0.4, 0.5) is 10.1 Å². The summed E-state index contributed by atoms with van der Waals surface area (Å²) >= 11 is 5.58. The van der Waals surface area contributed by atoms with Gasteiger partial charge in [-0.15, -0.1) is 0 Å². The van der Waals surface area contributed by atoms with Crippen LogP contribution < -0.4 is 10.0 Å². The molecule has 0 unspecified atom stereocenters. The third-order valence-electron chi connectivity index (χ3n) is 7.22. The Labute approximate surface area is 270 Å². The van der Waals surface area contributed by atoms with Crippen molar-refractivity contribution in [3.05, 3.63) is 108 Å². The molecule has 0 radical (unpaired) electrons. The monoisotopic (exact) mass is 645 g/mol. The van der Waals surface area contributed by atoms with Gasteiger partial charge in [0.05, 0.1) is 34.3 Å². The molecule has 0 atom stereocenters. The number of H-pyrrole nitrogens is 2. The standard InChI is InChI=1S/C34H28FN9S2/c1-46(2,3)38-17-20-13-22(15-24(35)14-20)29-30-27(11-12-37-29)41-33(42-30)32-31-28(43-44-32)10-9-26(40-31)23-16-25(19-36-18-23)39-34(45)21-7-5-4-6-8-21/h4-16,18-19,38H,1-2,17H2,3H3,(H,39,45)(H,41,42)(H,43,44). The van der Waals surface area contributed by atoms with Gasteiger partial charge in [0.25, 0.3) is 0 Å². The van der Waals surface area contributed by atoms with Crippen molar-refractivity contribution < 1.29 is 4.39 Å². The van der Waals surface area contributed by atoms with Crippen LogP contribution in [0.3, 0.4) is 0 Å². The van der Waals surface area contributed by atoms with E-state index in [0.29, 0.717) is 51.0 Å². The Morgan fingerprint density at radius 2 is 1.74 bits per heavy atom. The molecule has 0 aliphatic rings. The van der Waals surface area contributed by atoms with E-state index >= 15 is 0 Å². The van der Waals surface area contributed by atoms with Gasteiger partial charge in [0, 0.05) is 35.6 Å². The second-order valence-corrected chi connectivity index (χ2v) is 14.3. The lowest BCUT2D eigenvalue weighted by molar-refractivity contribution is 0.625. The van der Waals surface area contributed by atoms with Crippen LogP contribution in [0.5, 0.6) is 0 Å². The predicted molar refractivity (Wildman–Crippen MR) is 192 cm³/mol. The average Bonchev–Trinajstić information content (AvgIpc) is 3.68. The first kappa shape index (κ1) is 29.4. The molecule has 0 amide bonds. The highest BCUT2D eigenvalue weighted by Gasteiger charge is 2.18. The summed E-state index contributed by atoms with van der Waals surface area (Å²) in [4.78, 5) is 22.7. The third kappa shape index (κ3) is 6.13. The minimum Gasteiger partial charge on any atom is -0.345 e. The number of rotatable bonds is 8. The summed E-state index contributed by atoms with van der Waals surface area (Å²) in [6.45, 7) is 0.437. The predicted octanol–water partition coefficient (Wildman–Crippen LogP) is 6.85. The van der Waals surface area contributed by atoms with Gasteiger partial charge in [-0.3, -0.25) is 19.8 Å². The van der Waals surface area contributed by atoms with Crippen molar-refractivity contribution in [2.75, 3.05) is 11.6 Å². The van der Waals surface area contributed by atoms with Gasteiger partial charge in [-0.25, -0.2) is 14.4 Å². The fourth-order valence-corrected chi connectivity index (χ4v) is 5.84. The van der Waals surface area contributed by atoms with E-state index in [-0.39, 0.29) is 5.82 Å². The molecule has 9 nitrogen and oxygen atoms in total. The minimum absolute atomic E-state index is 0.362. The normalized spacial score (nSPS) is 11.7. The number of anilines is 1. The number of halogens is 1. The molecule has 5 aromatic heterocycles. The molecule has 12 heteroatoms. The first-order valence-electron chi connectivity index (χ1n) is 14.2. The van der Waals surface area contributed by atoms with Gasteiger partial charge < -0.3 is 10.3 Å². The second kappa shape index (κ2) is 11.9. The summed E-state index contributed by atoms with van der Waals surface area (Å²) in [5.41, 5.74) is 8.38. The molecule has 4 N–H and O–H groups in total. The zero-order valence-electron chi connectivity index (χ0n) is 24.7. The van der Waals surface area contributed by atoms with Crippen molar-refractivity contribution in [2.45, 2.75) is 6.54 Å². The summed E-state index contributed by atoms with van der Waals surface area (Å²) in [6.07, 6.45) is 7.08. The van der Waals surface area contributed by atoms with E-state index in [4.69, 9.17) is 22.2 Å². The Hall–Kier alpha value is -5.30. The Kier molecular flexibility index (Phi) is 7.61. The van der Waals surface area contributed by atoms with Crippen LogP contribution in [0.15, 0.2) is 91.4 Å². The van der Waals surface area contributed by atoms with E-state index in [0.717, 1.165) is 33.4 Å². The summed E-state index contributed by atoms with van der Waals surface area (Å²) in [5, 5.41) is 10.9. The van der Waals surface area contributed by atoms with Crippen LogP contribution in [-0.4, -0.2) is 58.1 Å². The van der Waals surface area contributed by atoms with Gasteiger partial charge in [0.1, 0.15) is 21.8 Å². The molecule has 2 aromatic carbocycles. The highest BCUT2D eigenvalue weighted by atomic mass is 32.2. The molecule has 0 aliphatic carbocycles. The number of nitrogens with one attached hydrogen (secondary N) is 4. The first-order chi connectivity index (χ1) is 22.2. The van der Waals surface area contributed by atoms with E-state index in [1.807, 2.05) is 66.9 Å². The summed E-state index contributed by atoms with van der Waals surface area (Å²) in [6, 6.07) is 22.2. The summed E-state index contributed by atoms with van der Waals surface area (Å²) < 4.78 is 18.0.